The molecule has 0 bridgehead atoms. The summed E-state index contributed by atoms with van der Waals surface area (Å²) in [7, 11) is 0. The summed E-state index contributed by atoms with van der Waals surface area (Å²) >= 11 is 3.51. The summed E-state index contributed by atoms with van der Waals surface area (Å²) < 4.78 is 1.16. The van der Waals surface area contributed by atoms with Gasteiger partial charge in [0.25, 0.3) is 0 Å². The maximum absolute atomic E-state index is 3.72. The number of anilines is 1. The molecule has 0 aromatic heterocycles. The minimum Gasteiger partial charge on any atom is -0.382 e. The lowest BCUT2D eigenvalue weighted by molar-refractivity contribution is 0.489. The molecule has 1 fully saturated rings. The van der Waals surface area contributed by atoms with E-state index in [0.717, 1.165) is 10.4 Å². The predicted octanol–water partition coefficient (Wildman–Crippen LogP) is 4.75. The fraction of sp³-hybridized carbons (Fsp3) is 0.571. The van der Waals surface area contributed by atoms with Crippen molar-refractivity contribution in [3.8, 4) is 0 Å². The van der Waals surface area contributed by atoms with Crippen LogP contribution in [-0.2, 0) is 0 Å². The highest BCUT2D eigenvalue weighted by atomic mass is 79.9. The first kappa shape index (κ1) is 12.0. The first-order valence-corrected chi connectivity index (χ1v) is 7.02. The van der Waals surface area contributed by atoms with Gasteiger partial charge in [-0.2, -0.15) is 0 Å². The van der Waals surface area contributed by atoms with Crippen LogP contribution in [0.3, 0.4) is 0 Å². The normalized spacial score (nSPS) is 24.7. The second-order valence-corrected chi connectivity index (χ2v) is 5.72. The minimum atomic E-state index is 0.685. The molecule has 0 radical (unpaired) electrons. The quantitative estimate of drug-likeness (QED) is 0.843. The maximum atomic E-state index is 3.72. The first-order chi connectivity index (χ1) is 7.70. The van der Waals surface area contributed by atoms with Crippen molar-refractivity contribution in [1.82, 2.24) is 0 Å². The van der Waals surface area contributed by atoms with Gasteiger partial charge in [-0.05, 0) is 49.4 Å². The number of rotatable bonds is 3. The fourth-order valence-electron chi connectivity index (χ4n) is 2.70. The third-order valence-corrected chi connectivity index (χ3v) is 4.21. The van der Waals surface area contributed by atoms with Crippen molar-refractivity contribution < 1.29 is 0 Å². The largest absolute Gasteiger partial charge is 0.382 e. The lowest BCUT2D eigenvalue weighted by atomic mass is 10.00. The Morgan fingerprint density at radius 2 is 2.19 bits per heavy atom. The number of halogens is 1. The second-order valence-electron chi connectivity index (χ2n) is 4.81. The molecule has 16 heavy (non-hydrogen) atoms. The van der Waals surface area contributed by atoms with Crippen molar-refractivity contribution in [2.75, 3.05) is 5.32 Å². The molecule has 1 N–H and O–H groups in total. The molecular weight excluding hydrogens is 262 g/mol. The average molecular weight is 282 g/mol. The van der Waals surface area contributed by atoms with E-state index in [9.17, 15) is 0 Å². The van der Waals surface area contributed by atoms with Gasteiger partial charge < -0.3 is 5.32 Å². The van der Waals surface area contributed by atoms with E-state index in [1.54, 1.807) is 0 Å². The molecule has 1 aliphatic carbocycles. The van der Waals surface area contributed by atoms with E-state index in [1.165, 1.54) is 36.9 Å². The van der Waals surface area contributed by atoms with Crippen molar-refractivity contribution in [1.29, 1.82) is 0 Å². The lowest BCUT2D eigenvalue weighted by Crippen LogP contribution is -2.23. The van der Waals surface area contributed by atoms with Crippen LogP contribution in [0.4, 0.5) is 5.69 Å². The van der Waals surface area contributed by atoms with Crippen LogP contribution < -0.4 is 5.32 Å². The average Bonchev–Trinajstić information content (AvgIpc) is 2.69. The first-order valence-electron chi connectivity index (χ1n) is 6.23. The Labute approximate surface area is 107 Å². The molecule has 2 unspecified atom stereocenters. The van der Waals surface area contributed by atoms with E-state index in [4.69, 9.17) is 0 Å². The van der Waals surface area contributed by atoms with Gasteiger partial charge in [-0.3, -0.25) is 0 Å². The van der Waals surface area contributed by atoms with Gasteiger partial charge in [0.2, 0.25) is 0 Å². The molecular formula is C14H20BrN. The Morgan fingerprint density at radius 3 is 2.88 bits per heavy atom. The number of hydrogen-bond donors (Lipinski definition) is 1. The SMILES string of the molecule is CCC1CCCC1Nc1ccc(Br)cc1C. The summed E-state index contributed by atoms with van der Waals surface area (Å²) in [6.07, 6.45) is 5.40. The number of aryl methyl sites for hydroxylation is 1. The predicted molar refractivity (Wildman–Crippen MR) is 73.9 cm³/mol. The molecule has 1 aromatic carbocycles. The molecule has 0 amide bonds. The van der Waals surface area contributed by atoms with Crippen molar-refractivity contribution in [3.63, 3.8) is 0 Å². The molecule has 0 saturated heterocycles. The summed E-state index contributed by atoms with van der Waals surface area (Å²) in [4.78, 5) is 0. The second kappa shape index (κ2) is 5.22. The van der Waals surface area contributed by atoms with Crippen LogP contribution in [0, 0.1) is 12.8 Å². The number of hydrogen-bond acceptors (Lipinski definition) is 1. The van der Waals surface area contributed by atoms with E-state index in [1.807, 2.05) is 0 Å². The smallest absolute Gasteiger partial charge is 0.0372 e. The van der Waals surface area contributed by atoms with Crippen LogP contribution in [0.1, 0.15) is 38.2 Å². The van der Waals surface area contributed by atoms with Gasteiger partial charge in [0.05, 0.1) is 0 Å². The van der Waals surface area contributed by atoms with Crippen molar-refractivity contribution in [3.05, 3.63) is 28.2 Å². The minimum absolute atomic E-state index is 0.685. The molecule has 1 saturated carbocycles. The molecule has 2 atom stereocenters. The molecule has 1 nitrogen and oxygen atoms in total. The van der Waals surface area contributed by atoms with Crippen LogP contribution in [0.5, 0.6) is 0 Å². The van der Waals surface area contributed by atoms with Gasteiger partial charge >= 0.3 is 0 Å². The van der Waals surface area contributed by atoms with Gasteiger partial charge in [-0.1, -0.05) is 35.7 Å². The lowest BCUT2D eigenvalue weighted by Gasteiger charge is -2.22. The molecule has 1 aliphatic rings. The molecule has 2 heteroatoms. The number of benzene rings is 1. The van der Waals surface area contributed by atoms with E-state index in [0.29, 0.717) is 6.04 Å². The van der Waals surface area contributed by atoms with E-state index in [2.05, 4.69) is 53.3 Å². The summed E-state index contributed by atoms with van der Waals surface area (Å²) in [6, 6.07) is 7.17. The Hall–Kier alpha value is -0.500. The third-order valence-electron chi connectivity index (χ3n) is 3.71. The molecule has 1 aromatic rings. The highest BCUT2D eigenvalue weighted by Crippen LogP contribution is 2.32. The van der Waals surface area contributed by atoms with Crippen LogP contribution in [0.25, 0.3) is 0 Å². The zero-order valence-corrected chi connectivity index (χ0v) is 11.7. The van der Waals surface area contributed by atoms with Crippen LogP contribution in [0.15, 0.2) is 22.7 Å². The Bertz CT molecular complexity index is 362. The van der Waals surface area contributed by atoms with Crippen LogP contribution in [0.2, 0.25) is 0 Å². The summed E-state index contributed by atoms with van der Waals surface area (Å²) in [5.74, 6) is 0.864. The standard InChI is InChI=1S/C14H20BrN/c1-3-11-5-4-6-14(11)16-13-8-7-12(15)9-10(13)2/h7-9,11,14,16H,3-6H2,1-2H3. The van der Waals surface area contributed by atoms with Gasteiger partial charge in [-0.15, -0.1) is 0 Å². The van der Waals surface area contributed by atoms with E-state index in [-0.39, 0.29) is 0 Å². The van der Waals surface area contributed by atoms with E-state index < -0.39 is 0 Å². The van der Waals surface area contributed by atoms with Crippen LogP contribution in [-0.4, -0.2) is 6.04 Å². The van der Waals surface area contributed by atoms with Gasteiger partial charge in [0.1, 0.15) is 0 Å². The summed E-state index contributed by atoms with van der Waals surface area (Å²) in [5, 5.41) is 3.72. The Balaban J connectivity index is 2.08. The van der Waals surface area contributed by atoms with Crippen molar-refractivity contribution in [2.24, 2.45) is 5.92 Å². The molecule has 2 rings (SSSR count). The Morgan fingerprint density at radius 1 is 1.38 bits per heavy atom. The Kier molecular flexibility index (Phi) is 3.91. The zero-order chi connectivity index (χ0) is 11.5. The van der Waals surface area contributed by atoms with Crippen molar-refractivity contribution in [2.45, 2.75) is 45.6 Å². The molecule has 0 heterocycles. The van der Waals surface area contributed by atoms with Gasteiger partial charge in [0.15, 0.2) is 0 Å². The fourth-order valence-corrected chi connectivity index (χ4v) is 3.18. The summed E-state index contributed by atoms with van der Waals surface area (Å²) in [5.41, 5.74) is 2.63. The maximum Gasteiger partial charge on any atom is 0.0372 e. The highest BCUT2D eigenvalue weighted by Gasteiger charge is 2.25. The zero-order valence-electron chi connectivity index (χ0n) is 10.1. The topological polar surface area (TPSA) is 12.0 Å². The summed E-state index contributed by atoms with van der Waals surface area (Å²) in [6.45, 7) is 4.47. The number of nitrogens with one attached hydrogen (secondary N) is 1. The van der Waals surface area contributed by atoms with Crippen molar-refractivity contribution >= 4 is 21.6 Å². The molecule has 88 valence electrons. The van der Waals surface area contributed by atoms with E-state index >= 15 is 0 Å². The molecule has 0 aliphatic heterocycles. The highest BCUT2D eigenvalue weighted by molar-refractivity contribution is 9.10. The van der Waals surface area contributed by atoms with Gasteiger partial charge in [0, 0.05) is 16.2 Å². The monoisotopic (exact) mass is 281 g/mol. The molecule has 0 spiro atoms. The third kappa shape index (κ3) is 2.60. The van der Waals surface area contributed by atoms with Gasteiger partial charge in [-0.25, -0.2) is 0 Å². The van der Waals surface area contributed by atoms with Crippen LogP contribution >= 0.6 is 15.9 Å².